The van der Waals surface area contributed by atoms with Crippen LogP contribution in [0.25, 0.3) is 0 Å². The van der Waals surface area contributed by atoms with E-state index in [1.807, 2.05) is 0 Å². The van der Waals surface area contributed by atoms with Crippen molar-refractivity contribution < 1.29 is 4.79 Å². The molecule has 1 aromatic heterocycles. The average Bonchev–Trinajstić information content (AvgIpc) is 2.26. The Labute approximate surface area is 89.1 Å². The van der Waals surface area contributed by atoms with E-state index < -0.39 is 5.91 Å². The van der Waals surface area contributed by atoms with Gasteiger partial charge in [0.2, 0.25) is 5.95 Å². The van der Waals surface area contributed by atoms with E-state index in [9.17, 15) is 4.79 Å². The Bertz CT molecular complexity index is 340. The van der Waals surface area contributed by atoms with Crippen molar-refractivity contribution in [1.29, 1.82) is 0 Å². The molecule has 0 bridgehead atoms. The van der Waals surface area contributed by atoms with E-state index in [1.165, 1.54) is 12.3 Å². The highest BCUT2D eigenvalue weighted by atomic mass is 16.1. The van der Waals surface area contributed by atoms with Crippen LogP contribution in [-0.4, -0.2) is 22.4 Å². The third-order valence-corrected chi connectivity index (χ3v) is 2.21. The fraction of sp³-hybridized carbons (Fsp3) is 0.500. The Morgan fingerprint density at radius 1 is 1.67 bits per heavy atom. The summed E-state index contributed by atoms with van der Waals surface area (Å²) in [6.07, 6.45) is 2.61. The van der Waals surface area contributed by atoms with Crippen LogP contribution >= 0.6 is 0 Å². The maximum Gasteiger partial charge on any atom is 0.267 e. The van der Waals surface area contributed by atoms with Crippen molar-refractivity contribution in [3.8, 4) is 0 Å². The highest BCUT2D eigenvalue weighted by Crippen LogP contribution is 2.04. The second-order valence-corrected chi connectivity index (χ2v) is 3.52. The summed E-state index contributed by atoms with van der Waals surface area (Å²) < 4.78 is 0. The van der Waals surface area contributed by atoms with Gasteiger partial charge in [0.05, 0.1) is 0 Å². The lowest BCUT2D eigenvalue weighted by Crippen LogP contribution is -2.17. The summed E-state index contributed by atoms with van der Waals surface area (Å²) in [5.41, 5.74) is 5.34. The van der Waals surface area contributed by atoms with Crippen molar-refractivity contribution in [3.63, 3.8) is 0 Å². The van der Waals surface area contributed by atoms with Crippen LogP contribution in [0.2, 0.25) is 0 Å². The number of hydrogen-bond acceptors (Lipinski definition) is 4. The molecule has 0 aromatic carbocycles. The van der Waals surface area contributed by atoms with E-state index in [0.29, 0.717) is 11.9 Å². The number of amides is 1. The van der Waals surface area contributed by atoms with Crippen LogP contribution < -0.4 is 11.1 Å². The fourth-order valence-electron chi connectivity index (χ4n) is 0.991. The molecule has 0 saturated heterocycles. The molecule has 1 amide bonds. The lowest BCUT2D eigenvalue weighted by Gasteiger charge is -2.09. The zero-order valence-electron chi connectivity index (χ0n) is 9.03. The molecule has 82 valence electrons. The monoisotopic (exact) mass is 208 g/mol. The van der Waals surface area contributed by atoms with Crippen molar-refractivity contribution in [2.75, 3.05) is 11.9 Å². The molecular weight excluding hydrogens is 192 g/mol. The Kier molecular flexibility index (Phi) is 4.03. The summed E-state index contributed by atoms with van der Waals surface area (Å²) in [5.74, 6) is 0.460. The lowest BCUT2D eigenvalue weighted by atomic mass is 10.1. The van der Waals surface area contributed by atoms with Crippen molar-refractivity contribution >= 4 is 11.9 Å². The number of nitrogens with zero attached hydrogens (tertiary/aromatic N) is 2. The Morgan fingerprint density at radius 2 is 2.40 bits per heavy atom. The molecule has 0 aliphatic carbocycles. The molecule has 0 unspecified atom stereocenters. The third kappa shape index (κ3) is 3.53. The largest absolute Gasteiger partial charge is 0.364 e. The van der Waals surface area contributed by atoms with Crippen molar-refractivity contribution in [2.24, 2.45) is 11.7 Å². The first-order valence-corrected chi connectivity index (χ1v) is 5.00. The molecule has 3 N–H and O–H groups in total. The number of anilines is 1. The van der Waals surface area contributed by atoms with E-state index in [-0.39, 0.29) is 5.69 Å². The second-order valence-electron chi connectivity index (χ2n) is 3.52. The summed E-state index contributed by atoms with van der Waals surface area (Å²) in [7, 11) is 0. The Hall–Kier alpha value is -1.65. The first-order chi connectivity index (χ1) is 7.13. The normalized spacial score (nSPS) is 12.1. The zero-order valence-corrected chi connectivity index (χ0v) is 9.03. The summed E-state index contributed by atoms with van der Waals surface area (Å²) in [6.45, 7) is 5.04. The van der Waals surface area contributed by atoms with Gasteiger partial charge in [0.15, 0.2) is 0 Å². The zero-order chi connectivity index (χ0) is 11.3. The van der Waals surface area contributed by atoms with Gasteiger partial charge in [-0.1, -0.05) is 20.3 Å². The predicted molar refractivity (Wildman–Crippen MR) is 58.5 cm³/mol. The molecule has 1 heterocycles. The Morgan fingerprint density at radius 3 is 3.00 bits per heavy atom. The van der Waals surface area contributed by atoms with Crippen molar-refractivity contribution in [2.45, 2.75) is 20.3 Å². The van der Waals surface area contributed by atoms with Crippen LogP contribution in [0, 0.1) is 5.92 Å². The van der Waals surface area contributed by atoms with Gasteiger partial charge in [-0.3, -0.25) is 4.79 Å². The van der Waals surface area contributed by atoms with Crippen LogP contribution in [0.4, 0.5) is 5.95 Å². The molecule has 5 nitrogen and oxygen atoms in total. The third-order valence-electron chi connectivity index (χ3n) is 2.21. The number of nitrogens with one attached hydrogen (secondary N) is 1. The predicted octanol–water partition coefficient (Wildman–Crippen LogP) is 1.03. The molecule has 0 aliphatic heterocycles. The molecule has 5 heteroatoms. The molecular formula is C10H16N4O. The highest BCUT2D eigenvalue weighted by molar-refractivity contribution is 5.90. The van der Waals surface area contributed by atoms with Crippen molar-refractivity contribution in [1.82, 2.24) is 9.97 Å². The highest BCUT2D eigenvalue weighted by Gasteiger charge is 2.04. The fourth-order valence-corrected chi connectivity index (χ4v) is 0.991. The molecule has 1 aromatic rings. The number of primary amides is 1. The number of carbonyl (C=O) groups is 1. The number of rotatable bonds is 5. The average molecular weight is 208 g/mol. The van der Waals surface area contributed by atoms with Crippen LogP contribution in [-0.2, 0) is 0 Å². The molecule has 0 radical (unpaired) electrons. The van der Waals surface area contributed by atoms with Crippen LogP contribution in [0.1, 0.15) is 30.8 Å². The van der Waals surface area contributed by atoms with Crippen LogP contribution in [0.5, 0.6) is 0 Å². The minimum atomic E-state index is -0.538. The molecule has 0 spiro atoms. The molecule has 0 aliphatic rings. The summed E-state index contributed by atoms with van der Waals surface area (Å²) in [4.78, 5) is 18.8. The molecule has 0 saturated carbocycles. The quantitative estimate of drug-likeness (QED) is 0.757. The van der Waals surface area contributed by atoms with Gasteiger partial charge in [-0.2, -0.15) is 0 Å². The van der Waals surface area contributed by atoms with Gasteiger partial charge in [-0.05, 0) is 12.0 Å². The first kappa shape index (κ1) is 11.4. The Balaban J connectivity index is 2.62. The second kappa shape index (κ2) is 5.29. The van der Waals surface area contributed by atoms with E-state index in [4.69, 9.17) is 5.73 Å². The molecule has 1 rings (SSSR count). The van der Waals surface area contributed by atoms with Gasteiger partial charge in [-0.25, -0.2) is 9.97 Å². The topological polar surface area (TPSA) is 80.9 Å². The SMILES string of the molecule is CC[C@@H](C)CNc1nccc(C(N)=O)n1. The van der Waals surface area contributed by atoms with Gasteiger partial charge >= 0.3 is 0 Å². The maximum absolute atomic E-state index is 10.9. The number of hydrogen-bond donors (Lipinski definition) is 2. The van der Waals surface area contributed by atoms with Gasteiger partial charge in [0.1, 0.15) is 5.69 Å². The first-order valence-electron chi connectivity index (χ1n) is 5.00. The minimum Gasteiger partial charge on any atom is -0.364 e. The van der Waals surface area contributed by atoms with E-state index in [1.54, 1.807) is 0 Å². The summed E-state index contributed by atoms with van der Waals surface area (Å²) in [5, 5.41) is 3.06. The molecule has 1 atom stereocenters. The van der Waals surface area contributed by atoms with Gasteiger partial charge in [0.25, 0.3) is 5.91 Å². The summed E-state index contributed by atoms with van der Waals surface area (Å²) >= 11 is 0. The maximum atomic E-state index is 10.9. The number of nitrogens with two attached hydrogens (primary N) is 1. The van der Waals surface area contributed by atoms with Crippen molar-refractivity contribution in [3.05, 3.63) is 18.0 Å². The van der Waals surface area contributed by atoms with E-state index in [2.05, 4.69) is 29.1 Å². The minimum absolute atomic E-state index is 0.233. The van der Waals surface area contributed by atoms with E-state index in [0.717, 1.165) is 13.0 Å². The van der Waals surface area contributed by atoms with Crippen LogP contribution in [0.3, 0.4) is 0 Å². The molecule has 15 heavy (non-hydrogen) atoms. The number of aromatic nitrogens is 2. The lowest BCUT2D eigenvalue weighted by molar-refractivity contribution is 0.0995. The standard InChI is InChI=1S/C10H16N4O/c1-3-7(2)6-13-10-12-5-4-8(14-10)9(11)15/h4-5,7H,3,6H2,1-2H3,(H2,11,15)(H,12,13,14)/t7-/m1/s1. The van der Waals surface area contributed by atoms with E-state index >= 15 is 0 Å². The number of carbonyl (C=O) groups excluding carboxylic acids is 1. The van der Waals surface area contributed by atoms with Gasteiger partial charge in [-0.15, -0.1) is 0 Å². The van der Waals surface area contributed by atoms with Gasteiger partial charge < -0.3 is 11.1 Å². The van der Waals surface area contributed by atoms with Crippen LogP contribution in [0.15, 0.2) is 12.3 Å². The molecule has 0 fully saturated rings. The van der Waals surface area contributed by atoms with Gasteiger partial charge in [0, 0.05) is 12.7 Å². The smallest absolute Gasteiger partial charge is 0.267 e. The summed E-state index contributed by atoms with van der Waals surface area (Å²) in [6, 6.07) is 1.50.